The van der Waals surface area contributed by atoms with Gasteiger partial charge < -0.3 is 4.74 Å². The number of hydrogen-bond acceptors (Lipinski definition) is 3. The van der Waals surface area contributed by atoms with E-state index in [0.717, 1.165) is 5.56 Å². The molecule has 0 N–H and O–H groups in total. The largest absolute Gasteiger partial charge is 0.457 e. The molecule has 20 heavy (non-hydrogen) atoms. The summed E-state index contributed by atoms with van der Waals surface area (Å²) in [7, 11) is 0. The molecule has 0 aliphatic rings. The van der Waals surface area contributed by atoms with Gasteiger partial charge in [-0.3, -0.25) is 4.79 Å². The first-order chi connectivity index (χ1) is 9.72. The molecule has 0 spiro atoms. The number of alkyl halides is 1. The quantitative estimate of drug-likeness (QED) is 0.477. The van der Waals surface area contributed by atoms with Crippen LogP contribution in [0.15, 0.2) is 54.6 Å². The fraction of sp³-hybridized carbons (Fsp3) is 0.125. The number of carbonyl (C=O) groups excluding carboxylic acids is 2. The number of ketones is 1. The first-order valence-electron chi connectivity index (χ1n) is 6.11. The average molecular weight is 333 g/mol. The molecule has 0 radical (unpaired) electrons. The smallest absolute Gasteiger partial charge is 0.339 e. The summed E-state index contributed by atoms with van der Waals surface area (Å²) in [6.07, 6.45) is 0. The van der Waals surface area contributed by atoms with Crippen molar-refractivity contribution in [3.05, 3.63) is 71.3 Å². The van der Waals surface area contributed by atoms with E-state index >= 15 is 0 Å². The summed E-state index contributed by atoms with van der Waals surface area (Å²) in [5.41, 5.74) is 1.58. The third-order valence-corrected chi connectivity index (χ3v) is 3.29. The second-order valence-electron chi connectivity index (χ2n) is 4.16. The van der Waals surface area contributed by atoms with Crippen LogP contribution in [0, 0.1) is 0 Å². The Bertz CT molecular complexity index is 608. The summed E-state index contributed by atoms with van der Waals surface area (Å²) in [6, 6.07) is 16.1. The van der Waals surface area contributed by atoms with Gasteiger partial charge in [0.05, 0.1) is 10.9 Å². The van der Waals surface area contributed by atoms with Crippen LogP contribution in [0.25, 0.3) is 0 Å². The Balaban J connectivity index is 2.12. The minimum Gasteiger partial charge on any atom is -0.457 e. The fourth-order valence-corrected chi connectivity index (χ4v) is 2.08. The molecule has 0 aliphatic heterocycles. The molecule has 2 aromatic carbocycles. The van der Waals surface area contributed by atoms with E-state index in [2.05, 4.69) is 15.9 Å². The number of hydrogen-bond donors (Lipinski definition) is 0. The van der Waals surface area contributed by atoms with E-state index in [-0.39, 0.29) is 17.7 Å². The molecule has 0 unspecified atom stereocenters. The molecule has 0 aliphatic carbocycles. The molecule has 0 fully saturated rings. The molecule has 0 atom stereocenters. The highest BCUT2D eigenvalue weighted by Gasteiger charge is 2.16. The number of esters is 1. The highest BCUT2D eigenvalue weighted by atomic mass is 79.9. The lowest BCUT2D eigenvalue weighted by Gasteiger charge is -2.08. The Morgan fingerprint density at radius 2 is 1.50 bits per heavy atom. The molecule has 0 heterocycles. The van der Waals surface area contributed by atoms with Crippen molar-refractivity contribution < 1.29 is 14.3 Å². The summed E-state index contributed by atoms with van der Waals surface area (Å²) in [5, 5.41) is 0.177. The molecular weight excluding hydrogens is 320 g/mol. The molecule has 0 aromatic heterocycles. The van der Waals surface area contributed by atoms with Gasteiger partial charge >= 0.3 is 5.97 Å². The van der Waals surface area contributed by atoms with Crippen molar-refractivity contribution in [2.24, 2.45) is 0 Å². The van der Waals surface area contributed by atoms with Crippen molar-refractivity contribution in [2.75, 3.05) is 5.33 Å². The van der Waals surface area contributed by atoms with Gasteiger partial charge in [-0.05, 0) is 11.6 Å². The molecule has 2 rings (SSSR count). The molecule has 3 nitrogen and oxygen atoms in total. The summed E-state index contributed by atoms with van der Waals surface area (Å²) < 4.78 is 5.24. The average Bonchev–Trinajstić information content (AvgIpc) is 2.52. The topological polar surface area (TPSA) is 43.4 Å². The number of rotatable bonds is 5. The SMILES string of the molecule is O=C(CBr)c1ccccc1C(=O)OCc1ccccc1. The van der Waals surface area contributed by atoms with Crippen molar-refractivity contribution in [3.8, 4) is 0 Å². The van der Waals surface area contributed by atoms with Gasteiger partial charge in [-0.2, -0.15) is 0 Å². The minimum atomic E-state index is -0.487. The van der Waals surface area contributed by atoms with Crippen LogP contribution in [0.3, 0.4) is 0 Å². The van der Waals surface area contributed by atoms with E-state index in [1.165, 1.54) is 0 Å². The van der Waals surface area contributed by atoms with Gasteiger partial charge in [0, 0.05) is 5.56 Å². The van der Waals surface area contributed by atoms with E-state index in [4.69, 9.17) is 4.74 Å². The van der Waals surface area contributed by atoms with E-state index < -0.39 is 5.97 Å². The fourth-order valence-electron chi connectivity index (χ4n) is 1.78. The summed E-state index contributed by atoms with van der Waals surface area (Å²) in [5.74, 6) is -0.629. The molecule has 0 saturated heterocycles. The van der Waals surface area contributed by atoms with Gasteiger partial charge in [0.1, 0.15) is 6.61 Å². The third kappa shape index (κ3) is 3.54. The Morgan fingerprint density at radius 1 is 0.900 bits per heavy atom. The third-order valence-electron chi connectivity index (χ3n) is 2.78. The first-order valence-corrected chi connectivity index (χ1v) is 7.23. The standard InChI is InChI=1S/C16H13BrO3/c17-10-15(18)13-8-4-5-9-14(13)16(19)20-11-12-6-2-1-3-7-12/h1-9H,10-11H2. The highest BCUT2D eigenvalue weighted by Crippen LogP contribution is 2.13. The number of Topliss-reactive ketones (excluding diaryl/α,β-unsaturated/α-hetero) is 1. The lowest BCUT2D eigenvalue weighted by Crippen LogP contribution is -2.12. The monoisotopic (exact) mass is 332 g/mol. The molecule has 0 amide bonds. The number of ether oxygens (including phenoxy) is 1. The maximum absolute atomic E-state index is 12.1. The second-order valence-corrected chi connectivity index (χ2v) is 4.72. The molecule has 4 heteroatoms. The van der Waals surface area contributed by atoms with E-state index in [1.54, 1.807) is 24.3 Å². The van der Waals surface area contributed by atoms with E-state index in [9.17, 15) is 9.59 Å². The van der Waals surface area contributed by atoms with Crippen LogP contribution in [-0.4, -0.2) is 17.1 Å². The van der Waals surface area contributed by atoms with Crippen LogP contribution in [-0.2, 0) is 11.3 Å². The summed E-state index contributed by atoms with van der Waals surface area (Å²) in [4.78, 5) is 23.8. The van der Waals surface area contributed by atoms with Crippen molar-refractivity contribution in [1.82, 2.24) is 0 Å². The molecule has 2 aromatic rings. The zero-order chi connectivity index (χ0) is 14.4. The zero-order valence-electron chi connectivity index (χ0n) is 10.7. The zero-order valence-corrected chi connectivity index (χ0v) is 12.3. The van der Waals surface area contributed by atoms with Gasteiger partial charge in [-0.15, -0.1) is 0 Å². The minimum absolute atomic E-state index is 0.141. The van der Waals surface area contributed by atoms with Crippen LogP contribution in [0.1, 0.15) is 26.3 Å². The summed E-state index contributed by atoms with van der Waals surface area (Å²) in [6.45, 7) is 0.191. The molecular formula is C16H13BrO3. The maximum atomic E-state index is 12.1. The predicted molar refractivity (Wildman–Crippen MR) is 80.1 cm³/mol. The Kier molecular flexibility index (Phi) is 5.07. The Morgan fingerprint density at radius 3 is 2.15 bits per heavy atom. The van der Waals surface area contributed by atoms with Crippen LogP contribution in [0.5, 0.6) is 0 Å². The maximum Gasteiger partial charge on any atom is 0.339 e. The lowest BCUT2D eigenvalue weighted by atomic mass is 10.0. The summed E-state index contributed by atoms with van der Waals surface area (Å²) >= 11 is 3.11. The van der Waals surface area contributed by atoms with Gasteiger partial charge in [-0.1, -0.05) is 64.5 Å². The second kappa shape index (κ2) is 7.01. The number of halogens is 1. The van der Waals surface area contributed by atoms with Crippen LogP contribution in [0.4, 0.5) is 0 Å². The van der Waals surface area contributed by atoms with Crippen molar-refractivity contribution in [1.29, 1.82) is 0 Å². The Hall–Kier alpha value is -1.94. The van der Waals surface area contributed by atoms with Crippen molar-refractivity contribution in [3.63, 3.8) is 0 Å². The van der Waals surface area contributed by atoms with Gasteiger partial charge in [0.25, 0.3) is 0 Å². The van der Waals surface area contributed by atoms with E-state index in [1.807, 2.05) is 30.3 Å². The molecule has 102 valence electrons. The molecule has 0 saturated carbocycles. The van der Waals surface area contributed by atoms with E-state index in [0.29, 0.717) is 11.1 Å². The molecule has 0 bridgehead atoms. The van der Waals surface area contributed by atoms with Crippen LogP contribution < -0.4 is 0 Å². The van der Waals surface area contributed by atoms with Crippen molar-refractivity contribution in [2.45, 2.75) is 6.61 Å². The highest BCUT2D eigenvalue weighted by molar-refractivity contribution is 9.09. The lowest BCUT2D eigenvalue weighted by molar-refractivity contribution is 0.0470. The normalized spacial score (nSPS) is 10.1. The van der Waals surface area contributed by atoms with Gasteiger partial charge in [-0.25, -0.2) is 4.79 Å². The number of carbonyl (C=O) groups is 2. The van der Waals surface area contributed by atoms with Gasteiger partial charge in [0.2, 0.25) is 0 Å². The Labute approximate surface area is 125 Å². The predicted octanol–water partition coefficient (Wildman–Crippen LogP) is 3.62. The van der Waals surface area contributed by atoms with Crippen LogP contribution in [0.2, 0.25) is 0 Å². The number of benzene rings is 2. The van der Waals surface area contributed by atoms with Crippen molar-refractivity contribution >= 4 is 27.7 Å². The first kappa shape index (κ1) is 14.5. The van der Waals surface area contributed by atoms with Gasteiger partial charge in [0.15, 0.2) is 5.78 Å². The van der Waals surface area contributed by atoms with Crippen LogP contribution >= 0.6 is 15.9 Å².